The molecule has 0 bridgehead atoms. The minimum atomic E-state index is -0.570. The Hall–Kier alpha value is -1.10. The Morgan fingerprint density at radius 1 is 1.23 bits per heavy atom. The highest BCUT2D eigenvalue weighted by molar-refractivity contribution is 5.69. The lowest BCUT2D eigenvalue weighted by Crippen LogP contribution is -2.31. The number of aryl methyl sites for hydroxylation is 1. The fourth-order valence-electron chi connectivity index (χ4n) is 6.22. The standard InChI is InChI=1S/C26H42O4/c1-18(8-5-13-25(2,3)29)21-11-12-22-20(10-6-14-26(21,22)4)23-16-19(9-7-15-27)24(17-28)30-23/h16,18,21,27-29H,5-15,17H2,1-4H3/t18-,21-,26-/m1/s1. The summed E-state index contributed by atoms with van der Waals surface area (Å²) in [6.45, 7) is 8.75. The molecule has 2 aliphatic carbocycles. The van der Waals surface area contributed by atoms with Crippen LogP contribution < -0.4 is 0 Å². The quantitative estimate of drug-likeness (QED) is 0.460. The maximum absolute atomic E-state index is 10.0. The molecular weight excluding hydrogens is 376 g/mol. The first-order chi connectivity index (χ1) is 14.2. The monoisotopic (exact) mass is 418 g/mol. The number of hydrogen-bond acceptors (Lipinski definition) is 4. The number of rotatable bonds is 10. The largest absolute Gasteiger partial charge is 0.459 e. The SMILES string of the molecule is C[C@H](CCCC(C)(C)O)[C@H]1CCC2=C(c3cc(CCCO)c(CO)o3)CCC[C@@]21C. The lowest BCUT2D eigenvalue weighted by molar-refractivity contribution is 0.0641. The van der Waals surface area contributed by atoms with Crippen molar-refractivity contribution in [1.82, 2.24) is 0 Å². The molecule has 0 aromatic carbocycles. The first-order valence-electron chi connectivity index (χ1n) is 12.0. The molecule has 170 valence electrons. The van der Waals surface area contributed by atoms with Crippen LogP contribution in [0.3, 0.4) is 0 Å². The van der Waals surface area contributed by atoms with Gasteiger partial charge in [-0.15, -0.1) is 0 Å². The van der Waals surface area contributed by atoms with Crippen molar-refractivity contribution in [3.05, 3.63) is 28.7 Å². The van der Waals surface area contributed by atoms with Crippen LogP contribution in [-0.4, -0.2) is 27.5 Å². The minimum Gasteiger partial charge on any atom is -0.459 e. The molecule has 1 heterocycles. The van der Waals surface area contributed by atoms with Crippen LogP contribution in [0.5, 0.6) is 0 Å². The molecule has 1 saturated carbocycles. The zero-order valence-corrected chi connectivity index (χ0v) is 19.5. The third-order valence-electron chi connectivity index (χ3n) is 7.78. The first-order valence-corrected chi connectivity index (χ1v) is 12.0. The highest BCUT2D eigenvalue weighted by Crippen LogP contribution is 2.59. The third kappa shape index (κ3) is 5.03. The molecule has 0 spiro atoms. The van der Waals surface area contributed by atoms with Crippen LogP contribution in [0.4, 0.5) is 0 Å². The number of fused-ring (bicyclic) bond motifs is 1. The smallest absolute Gasteiger partial charge is 0.133 e. The number of furan rings is 1. The van der Waals surface area contributed by atoms with Gasteiger partial charge >= 0.3 is 0 Å². The van der Waals surface area contributed by atoms with Crippen LogP contribution >= 0.6 is 0 Å². The molecular formula is C26H42O4. The average molecular weight is 419 g/mol. The van der Waals surface area contributed by atoms with E-state index in [0.29, 0.717) is 24.0 Å². The predicted molar refractivity (Wildman–Crippen MR) is 121 cm³/mol. The van der Waals surface area contributed by atoms with Gasteiger partial charge in [0.25, 0.3) is 0 Å². The molecule has 3 N–H and O–H groups in total. The third-order valence-corrected chi connectivity index (χ3v) is 7.78. The van der Waals surface area contributed by atoms with Crippen LogP contribution in [0.25, 0.3) is 5.57 Å². The Morgan fingerprint density at radius 3 is 2.67 bits per heavy atom. The van der Waals surface area contributed by atoms with Crippen molar-refractivity contribution < 1.29 is 19.7 Å². The predicted octanol–water partition coefficient (Wildman–Crippen LogP) is 5.63. The summed E-state index contributed by atoms with van der Waals surface area (Å²) in [6, 6.07) is 2.12. The van der Waals surface area contributed by atoms with Crippen molar-refractivity contribution >= 4 is 5.57 Å². The lowest BCUT2D eigenvalue weighted by atomic mass is 9.64. The second-order valence-electron chi connectivity index (χ2n) is 10.6. The van der Waals surface area contributed by atoms with E-state index in [1.165, 1.54) is 31.3 Å². The number of aliphatic hydroxyl groups excluding tert-OH is 2. The van der Waals surface area contributed by atoms with Gasteiger partial charge in [0, 0.05) is 6.61 Å². The molecule has 1 aromatic heterocycles. The Balaban J connectivity index is 1.81. The molecule has 4 nitrogen and oxygen atoms in total. The van der Waals surface area contributed by atoms with Gasteiger partial charge in [-0.05, 0) is 99.7 Å². The second-order valence-corrected chi connectivity index (χ2v) is 10.6. The van der Waals surface area contributed by atoms with Crippen molar-refractivity contribution in [2.24, 2.45) is 17.3 Å². The molecule has 3 rings (SSSR count). The molecule has 4 heteroatoms. The summed E-state index contributed by atoms with van der Waals surface area (Å²) in [7, 11) is 0. The maximum atomic E-state index is 10.0. The van der Waals surface area contributed by atoms with E-state index in [1.54, 1.807) is 5.57 Å². The average Bonchev–Trinajstić information content (AvgIpc) is 3.25. The van der Waals surface area contributed by atoms with Crippen molar-refractivity contribution in [2.75, 3.05) is 6.61 Å². The van der Waals surface area contributed by atoms with Gasteiger partial charge in [-0.2, -0.15) is 0 Å². The molecule has 0 saturated heterocycles. The highest BCUT2D eigenvalue weighted by atomic mass is 16.4. The summed E-state index contributed by atoms with van der Waals surface area (Å²) in [4.78, 5) is 0. The Bertz CT molecular complexity index is 739. The van der Waals surface area contributed by atoms with E-state index < -0.39 is 5.60 Å². The molecule has 1 fully saturated rings. The normalized spacial score (nSPS) is 25.6. The van der Waals surface area contributed by atoms with Crippen molar-refractivity contribution in [2.45, 2.75) is 104 Å². The van der Waals surface area contributed by atoms with E-state index in [9.17, 15) is 15.3 Å². The van der Waals surface area contributed by atoms with Gasteiger partial charge in [0.15, 0.2) is 0 Å². The summed E-state index contributed by atoms with van der Waals surface area (Å²) >= 11 is 0. The van der Waals surface area contributed by atoms with Crippen LogP contribution in [-0.2, 0) is 13.0 Å². The maximum Gasteiger partial charge on any atom is 0.133 e. The Labute approximate surface area is 182 Å². The summed E-state index contributed by atoms with van der Waals surface area (Å²) < 4.78 is 6.13. The Morgan fingerprint density at radius 2 is 2.00 bits per heavy atom. The summed E-state index contributed by atoms with van der Waals surface area (Å²) in [5, 5.41) is 29.0. The molecule has 30 heavy (non-hydrogen) atoms. The zero-order valence-electron chi connectivity index (χ0n) is 19.5. The van der Waals surface area contributed by atoms with Gasteiger partial charge in [-0.25, -0.2) is 0 Å². The van der Waals surface area contributed by atoms with Crippen LogP contribution in [0.1, 0.15) is 103 Å². The number of allylic oxidation sites excluding steroid dienone is 2. The number of aliphatic hydroxyl groups is 3. The van der Waals surface area contributed by atoms with E-state index in [2.05, 4.69) is 19.9 Å². The van der Waals surface area contributed by atoms with E-state index in [0.717, 1.165) is 43.4 Å². The minimum absolute atomic E-state index is 0.0818. The van der Waals surface area contributed by atoms with Gasteiger partial charge in [0.1, 0.15) is 18.1 Å². The summed E-state index contributed by atoms with van der Waals surface area (Å²) in [5.41, 5.74) is 3.66. The topological polar surface area (TPSA) is 73.8 Å². The molecule has 0 aliphatic heterocycles. The van der Waals surface area contributed by atoms with Crippen molar-refractivity contribution in [3.8, 4) is 0 Å². The van der Waals surface area contributed by atoms with Gasteiger partial charge in [-0.1, -0.05) is 32.3 Å². The molecule has 0 unspecified atom stereocenters. The van der Waals surface area contributed by atoms with Gasteiger partial charge < -0.3 is 19.7 Å². The fraction of sp³-hybridized carbons (Fsp3) is 0.769. The zero-order chi connectivity index (χ0) is 21.9. The van der Waals surface area contributed by atoms with Gasteiger partial charge in [-0.3, -0.25) is 0 Å². The van der Waals surface area contributed by atoms with Gasteiger partial charge in [0.05, 0.1) is 5.60 Å². The highest BCUT2D eigenvalue weighted by Gasteiger charge is 2.47. The van der Waals surface area contributed by atoms with Crippen molar-refractivity contribution in [3.63, 3.8) is 0 Å². The fourth-order valence-corrected chi connectivity index (χ4v) is 6.22. The van der Waals surface area contributed by atoms with Crippen LogP contribution in [0.2, 0.25) is 0 Å². The molecule has 1 aromatic rings. The lowest BCUT2D eigenvalue weighted by Gasteiger charge is -2.40. The van der Waals surface area contributed by atoms with Crippen LogP contribution in [0, 0.1) is 17.3 Å². The van der Waals surface area contributed by atoms with E-state index >= 15 is 0 Å². The van der Waals surface area contributed by atoms with E-state index in [4.69, 9.17) is 4.42 Å². The first kappa shape index (κ1) is 23.6. The Kier molecular flexibility index (Phi) is 7.53. The number of hydrogen-bond donors (Lipinski definition) is 3. The van der Waals surface area contributed by atoms with Crippen molar-refractivity contribution in [1.29, 1.82) is 0 Å². The molecule has 3 atom stereocenters. The van der Waals surface area contributed by atoms with Crippen LogP contribution in [0.15, 0.2) is 16.1 Å². The van der Waals surface area contributed by atoms with E-state index in [-0.39, 0.29) is 18.6 Å². The molecule has 0 radical (unpaired) electrons. The summed E-state index contributed by atoms with van der Waals surface area (Å²) in [6.07, 6.45) is 10.4. The van der Waals surface area contributed by atoms with Gasteiger partial charge in [0.2, 0.25) is 0 Å². The molecule has 2 aliphatic rings. The second kappa shape index (κ2) is 9.58. The molecule has 0 amide bonds. The summed E-state index contributed by atoms with van der Waals surface area (Å²) in [5.74, 6) is 2.95. The van der Waals surface area contributed by atoms with E-state index in [1.807, 2.05) is 13.8 Å².